The summed E-state index contributed by atoms with van der Waals surface area (Å²) in [5.41, 5.74) is 8.70. The van der Waals surface area contributed by atoms with Crippen LogP contribution in [-0.4, -0.2) is 0 Å². The summed E-state index contributed by atoms with van der Waals surface area (Å²) in [6, 6.07) is 50.4. The molecule has 0 saturated carbocycles. The maximum absolute atomic E-state index is 8.81. The third-order valence-corrected chi connectivity index (χ3v) is 9.77. The Hall–Kier alpha value is -6.44. The highest BCUT2D eigenvalue weighted by atomic mass is 16.3. The summed E-state index contributed by atoms with van der Waals surface area (Å²) < 4.78 is 49.1. The minimum atomic E-state index is -0.402. The largest absolute Gasteiger partial charge is 0.455 e. The second-order valence-corrected chi connectivity index (χ2v) is 12.4. The van der Waals surface area contributed by atoms with E-state index in [0.29, 0.717) is 5.56 Å². The van der Waals surface area contributed by atoms with Crippen LogP contribution in [0.4, 0.5) is 0 Å². The number of fused-ring (bicyclic) bond motifs is 7. The summed E-state index contributed by atoms with van der Waals surface area (Å²) in [5.74, 6) is 0. The maximum Gasteiger partial charge on any atom is 0.143 e. The van der Waals surface area contributed by atoms with Crippen LogP contribution in [-0.2, 0) is 0 Å². The molecule has 0 aliphatic heterocycles. The Balaban J connectivity index is 1.18. The van der Waals surface area contributed by atoms with Crippen molar-refractivity contribution in [1.82, 2.24) is 0 Å². The lowest BCUT2D eigenvalue weighted by atomic mass is 9.83. The fourth-order valence-corrected chi connectivity index (χ4v) is 7.64. The number of furan rings is 1. The van der Waals surface area contributed by atoms with E-state index >= 15 is 0 Å². The van der Waals surface area contributed by atoms with Gasteiger partial charge in [0, 0.05) is 16.2 Å². The van der Waals surface area contributed by atoms with Gasteiger partial charge in [-0.1, -0.05) is 170 Å². The van der Waals surface area contributed by atoms with Crippen LogP contribution in [0.25, 0.3) is 98.8 Å². The van der Waals surface area contributed by atoms with E-state index in [9.17, 15) is 0 Å². The summed E-state index contributed by atoms with van der Waals surface area (Å²) in [6.07, 6.45) is 0. The van der Waals surface area contributed by atoms with Crippen molar-refractivity contribution >= 4 is 54.3 Å². The van der Waals surface area contributed by atoms with Crippen LogP contribution < -0.4 is 0 Å². The molecule has 228 valence electrons. The van der Waals surface area contributed by atoms with E-state index in [1.807, 2.05) is 54.6 Å². The van der Waals surface area contributed by atoms with Crippen LogP contribution in [0.5, 0.6) is 0 Å². The molecule has 0 N–H and O–H groups in total. The van der Waals surface area contributed by atoms with Crippen LogP contribution in [0.2, 0.25) is 0 Å². The van der Waals surface area contributed by atoms with Gasteiger partial charge >= 0.3 is 0 Å². The van der Waals surface area contributed by atoms with E-state index in [1.165, 1.54) is 0 Å². The van der Waals surface area contributed by atoms with Gasteiger partial charge in [-0.2, -0.15) is 0 Å². The topological polar surface area (TPSA) is 13.1 Å². The summed E-state index contributed by atoms with van der Waals surface area (Å²) in [5, 5.41) is 8.59. The molecule has 0 amide bonds. The molecule has 1 aromatic heterocycles. The predicted octanol–water partition coefficient (Wildman–Crippen LogP) is 13.7. The first-order valence-electron chi connectivity index (χ1n) is 18.9. The van der Waals surface area contributed by atoms with Gasteiger partial charge in [-0.15, -0.1) is 0 Å². The van der Waals surface area contributed by atoms with Gasteiger partial charge in [-0.25, -0.2) is 0 Å². The van der Waals surface area contributed by atoms with Crippen molar-refractivity contribution in [2.24, 2.45) is 0 Å². The van der Waals surface area contributed by atoms with Crippen LogP contribution in [0.15, 0.2) is 186 Å². The molecule has 49 heavy (non-hydrogen) atoms. The summed E-state index contributed by atoms with van der Waals surface area (Å²) in [7, 11) is 0. The zero-order chi connectivity index (χ0) is 36.7. The van der Waals surface area contributed by atoms with Crippen molar-refractivity contribution in [2.75, 3.05) is 0 Å². The average molecular weight is 628 g/mol. The summed E-state index contributed by atoms with van der Waals surface area (Å²) >= 11 is 0. The van der Waals surface area contributed by atoms with Crippen molar-refractivity contribution in [2.45, 2.75) is 0 Å². The summed E-state index contributed by atoms with van der Waals surface area (Å²) in [4.78, 5) is 0. The first-order valence-corrected chi connectivity index (χ1v) is 16.4. The van der Waals surface area contributed by atoms with Gasteiger partial charge < -0.3 is 4.42 Å². The first-order chi connectivity index (χ1) is 26.4. The quantitative estimate of drug-likeness (QED) is 0.177. The molecule has 0 aliphatic rings. The molecule has 0 atom stereocenters. The average Bonchev–Trinajstić information content (AvgIpc) is 3.61. The standard InChI is InChI=1S/C48H30O/c1-2-13-31(14-3-1)35-16-6-7-18-38(35)46-41-21-10-8-19-39(41)45(40-20-9-11-22-42(40)46)34-27-25-33(26-28-34)36-23-12-24-44-47(36)43-30-29-32-15-4-5-17-37(32)48(43)49-44/h1-30H/i1D,2D,3D,13D,14D. The van der Waals surface area contributed by atoms with Gasteiger partial charge in [0.25, 0.3) is 0 Å². The van der Waals surface area contributed by atoms with Gasteiger partial charge in [0.05, 0.1) is 6.85 Å². The Morgan fingerprint density at radius 3 is 1.65 bits per heavy atom. The van der Waals surface area contributed by atoms with E-state index < -0.39 is 6.04 Å². The minimum absolute atomic E-state index is 0.193. The highest BCUT2D eigenvalue weighted by molar-refractivity contribution is 6.23. The molecule has 1 nitrogen and oxygen atoms in total. The fraction of sp³-hybridized carbons (Fsp3) is 0. The van der Waals surface area contributed by atoms with Gasteiger partial charge in [-0.3, -0.25) is 0 Å². The van der Waals surface area contributed by atoms with Crippen molar-refractivity contribution in [3.05, 3.63) is 182 Å². The van der Waals surface area contributed by atoms with Gasteiger partial charge in [-0.05, 0) is 83.6 Å². The zero-order valence-electron chi connectivity index (χ0n) is 31.3. The lowest BCUT2D eigenvalue weighted by molar-refractivity contribution is 0.673. The van der Waals surface area contributed by atoms with E-state index in [1.54, 1.807) is 0 Å². The first kappa shape index (κ1) is 23.0. The minimum Gasteiger partial charge on any atom is -0.455 e. The molecule has 0 saturated heterocycles. The molecule has 0 bridgehead atoms. The highest BCUT2D eigenvalue weighted by Crippen LogP contribution is 2.46. The zero-order valence-corrected chi connectivity index (χ0v) is 26.3. The molecule has 10 aromatic rings. The number of hydrogen-bond acceptors (Lipinski definition) is 1. The number of rotatable bonds is 4. The normalized spacial score (nSPS) is 13.1. The number of benzene rings is 9. The van der Waals surface area contributed by atoms with Crippen molar-refractivity contribution < 1.29 is 11.3 Å². The van der Waals surface area contributed by atoms with Crippen LogP contribution in [0.1, 0.15) is 6.85 Å². The molecular formula is C48H30O. The third kappa shape index (κ3) is 4.33. The second kappa shape index (κ2) is 11.1. The molecule has 1 heterocycles. The molecule has 10 rings (SSSR count). The molecule has 0 spiro atoms. The van der Waals surface area contributed by atoms with Crippen molar-refractivity contribution in [3.63, 3.8) is 0 Å². The van der Waals surface area contributed by atoms with Crippen molar-refractivity contribution in [1.29, 1.82) is 0 Å². The molecule has 0 fully saturated rings. The lowest BCUT2D eigenvalue weighted by Crippen LogP contribution is -1.92. The van der Waals surface area contributed by atoms with Gasteiger partial charge in [0.15, 0.2) is 0 Å². The van der Waals surface area contributed by atoms with E-state index in [4.69, 9.17) is 11.3 Å². The van der Waals surface area contributed by atoms with E-state index in [0.717, 1.165) is 87.6 Å². The SMILES string of the molecule is [2H]c1c([2H])c([2H])c(-c2ccccc2-c2c3ccccc3c(-c3ccc(-c4cccc5oc6c7ccccc7ccc6c45)cc3)c3ccccc23)c([2H])c1[2H]. The smallest absolute Gasteiger partial charge is 0.143 e. The third-order valence-electron chi connectivity index (χ3n) is 9.77. The summed E-state index contributed by atoms with van der Waals surface area (Å²) in [6.45, 7) is 0. The van der Waals surface area contributed by atoms with Crippen LogP contribution in [0.3, 0.4) is 0 Å². The Bertz CT molecular complexity index is 3070. The van der Waals surface area contributed by atoms with Gasteiger partial charge in [0.1, 0.15) is 11.2 Å². The van der Waals surface area contributed by atoms with Crippen LogP contribution in [0, 0.1) is 0 Å². The second-order valence-electron chi connectivity index (χ2n) is 12.4. The van der Waals surface area contributed by atoms with Crippen LogP contribution >= 0.6 is 0 Å². The highest BCUT2D eigenvalue weighted by Gasteiger charge is 2.19. The molecule has 0 aliphatic carbocycles. The Labute approximate surface area is 291 Å². The van der Waals surface area contributed by atoms with E-state index in [-0.39, 0.29) is 29.7 Å². The Morgan fingerprint density at radius 1 is 0.367 bits per heavy atom. The van der Waals surface area contributed by atoms with Crippen molar-refractivity contribution in [3.8, 4) is 44.5 Å². The molecular weight excluding hydrogens is 593 g/mol. The van der Waals surface area contributed by atoms with Gasteiger partial charge in [0.2, 0.25) is 0 Å². The molecule has 9 aromatic carbocycles. The predicted molar refractivity (Wildman–Crippen MR) is 208 cm³/mol. The Morgan fingerprint density at radius 2 is 0.939 bits per heavy atom. The molecule has 1 heteroatoms. The van der Waals surface area contributed by atoms with E-state index in [2.05, 4.69) is 97.1 Å². The monoisotopic (exact) mass is 627 g/mol. The fourth-order valence-electron chi connectivity index (χ4n) is 7.64. The molecule has 0 unspecified atom stereocenters. The maximum atomic E-state index is 8.81. The number of hydrogen-bond donors (Lipinski definition) is 0. The molecule has 0 radical (unpaired) electrons. The lowest BCUT2D eigenvalue weighted by Gasteiger charge is -2.20. The Kier molecular flexibility index (Phi) is 5.20.